The Morgan fingerprint density at radius 1 is 1.21 bits per heavy atom. The molecule has 1 heterocycles. The molecule has 6 nitrogen and oxygen atoms in total. The number of para-hydroxylation sites is 1. The number of hydrogen-bond donors (Lipinski definition) is 2. The topological polar surface area (TPSA) is 88.4 Å². The Labute approximate surface area is 173 Å². The van der Waals surface area contributed by atoms with Gasteiger partial charge in [0.1, 0.15) is 16.4 Å². The molecule has 0 saturated carbocycles. The maximum Gasteiger partial charge on any atom is 0.344 e. The lowest BCUT2D eigenvalue weighted by Crippen LogP contribution is -2.12. The third-order valence-electron chi connectivity index (χ3n) is 4.21. The average Bonchev–Trinajstić information content (AvgIpc) is 2.99. The maximum absolute atomic E-state index is 12.5. The van der Waals surface area contributed by atoms with Gasteiger partial charge in [-0.3, -0.25) is 0 Å². The van der Waals surface area contributed by atoms with Crippen molar-refractivity contribution in [2.45, 2.75) is 13.8 Å². The summed E-state index contributed by atoms with van der Waals surface area (Å²) in [4.78, 5) is 17.5. The van der Waals surface area contributed by atoms with E-state index < -0.39 is 5.97 Å². The molecular formula is C22H21NO5S. The summed E-state index contributed by atoms with van der Waals surface area (Å²) in [5.74, 6) is -0.505. The number of aliphatic hydroxyl groups is 1. The molecule has 2 aromatic rings. The molecule has 0 bridgehead atoms. The minimum atomic E-state index is -0.634. The molecule has 0 atom stereocenters. The van der Waals surface area contributed by atoms with Gasteiger partial charge in [0.15, 0.2) is 11.5 Å². The SMILES string of the molecule is CCOC(=O)C1=C(O)/C(=C\c2ccc(OC)c(O)c2)SC1=Nc1ccccc1C. The first-order valence-corrected chi connectivity index (χ1v) is 9.78. The molecule has 0 aliphatic carbocycles. The number of esters is 1. The van der Waals surface area contributed by atoms with Crippen molar-refractivity contribution in [3.05, 3.63) is 69.8 Å². The van der Waals surface area contributed by atoms with Crippen molar-refractivity contribution >= 4 is 34.5 Å². The lowest BCUT2D eigenvalue weighted by atomic mass is 10.1. The van der Waals surface area contributed by atoms with Crippen LogP contribution in [0.5, 0.6) is 11.5 Å². The molecule has 0 aromatic heterocycles. The van der Waals surface area contributed by atoms with E-state index in [1.807, 2.05) is 31.2 Å². The summed E-state index contributed by atoms with van der Waals surface area (Å²) in [5.41, 5.74) is 2.32. The molecule has 2 aromatic carbocycles. The molecule has 2 N–H and O–H groups in total. The van der Waals surface area contributed by atoms with E-state index in [0.29, 0.717) is 26.9 Å². The first kappa shape index (κ1) is 20.5. The molecule has 29 heavy (non-hydrogen) atoms. The van der Waals surface area contributed by atoms with Gasteiger partial charge in [-0.25, -0.2) is 9.79 Å². The molecule has 7 heteroatoms. The van der Waals surface area contributed by atoms with Gasteiger partial charge in [-0.2, -0.15) is 0 Å². The molecule has 0 unspecified atom stereocenters. The smallest absolute Gasteiger partial charge is 0.344 e. The van der Waals surface area contributed by atoms with Crippen LogP contribution in [0.25, 0.3) is 6.08 Å². The average molecular weight is 411 g/mol. The Bertz CT molecular complexity index is 1040. The van der Waals surface area contributed by atoms with Gasteiger partial charge in [0, 0.05) is 0 Å². The molecule has 0 saturated heterocycles. The lowest BCUT2D eigenvalue weighted by Gasteiger charge is -2.05. The minimum absolute atomic E-state index is 0.0206. The quantitative estimate of drug-likeness (QED) is 0.680. The second-order valence-corrected chi connectivity index (χ2v) is 7.22. The summed E-state index contributed by atoms with van der Waals surface area (Å²) in [6.45, 7) is 3.81. The Kier molecular flexibility index (Phi) is 6.29. The van der Waals surface area contributed by atoms with Gasteiger partial charge in [-0.05, 0) is 49.2 Å². The summed E-state index contributed by atoms with van der Waals surface area (Å²) in [5, 5.41) is 21.1. The van der Waals surface area contributed by atoms with Crippen LogP contribution in [0.4, 0.5) is 5.69 Å². The predicted molar refractivity (Wildman–Crippen MR) is 115 cm³/mol. The molecule has 3 rings (SSSR count). The molecule has 1 aliphatic rings. The van der Waals surface area contributed by atoms with Gasteiger partial charge in [0.05, 0.1) is 24.3 Å². The highest BCUT2D eigenvalue weighted by Gasteiger charge is 2.33. The number of aromatic hydroxyl groups is 1. The van der Waals surface area contributed by atoms with Gasteiger partial charge in [0.2, 0.25) is 0 Å². The monoisotopic (exact) mass is 411 g/mol. The summed E-state index contributed by atoms with van der Waals surface area (Å²) < 4.78 is 10.2. The number of thioether (sulfide) groups is 1. The van der Waals surface area contributed by atoms with E-state index in [2.05, 4.69) is 4.99 Å². The molecule has 0 fully saturated rings. The van der Waals surface area contributed by atoms with E-state index in [9.17, 15) is 15.0 Å². The zero-order chi connectivity index (χ0) is 21.0. The highest BCUT2D eigenvalue weighted by molar-refractivity contribution is 8.18. The normalized spacial score (nSPS) is 16.5. The summed E-state index contributed by atoms with van der Waals surface area (Å²) in [7, 11) is 1.47. The van der Waals surface area contributed by atoms with Gasteiger partial charge in [0.25, 0.3) is 0 Å². The van der Waals surface area contributed by atoms with Crippen LogP contribution in [-0.2, 0) is 9.53 Å². The Morgan fingerprint density at radius 2 is 1.97 bits per heavy atom. The number of carbonyl (C=O) groups excluding carboxylic acids is 1. The van der Waals surface area contributed by atoms with Crippen molar-refractivity contribution in [1.82, 2.24) is 0 Å². The van der Waals surface area contributed by atoms with Crippen LogP contribution in [0.2, 0.25) is 0 Å². The molecule has 0 spiro atoms. The Hall–Kier alpha value is -3.19. The number of aryl methyl sites for hydroxylation is 1. The van der Waals surface area contributed by atoms with E-state index in [1.54, 1.807) is 25.1 Å². The molecule has 0 amide bonds. The number of benzene rings is 2. The molecule has 0 radical (unpaired) electrons. The van der Waals surface area contributed by atoms with Crippen LogP contribution in [-0.4, -0.2) is 34.9 Å². The summed E-state index contributed by atoms with van der Waals surface area (Å²) >= 11 is 1.17. The van der Waals surface area contributed by atoms with Crippen molar-refractivity contribution in [1.29, 1.82) is 0 Å². The summed E-state index contributed by atoms with van der Waals surface area (Å²) in [6.07, 6.45) is 1.67. The van der Waals surface area contributed by atoms with Crippen molar-refractivity contribution < 1.29 is 24.5 Å². The number of methoxy groups -OCH3 is 1. The van der Waals surface area contributed by atoms with Gasteiger partial charge >= 0.3 is 5.97 Å². The van der Waals surface area contributed by atoms with Crippen molar-refractivity contribution in [2.75, 3.05) is 13.7 Å². The molecular weight excluding hydrogens is 390 g/mol. The minimum Gasteiger partial charge on any atom is -0.506 e. The van der Waals surface area contributed by atoms with Gasteiger partial charge in [-0.1, -0.05) is 36.0 Å². The Morgan fingerprint density at radius 3 is 2.62 bits per heavy atom. The van der Waals surface area contributed by atoms with E-state index in [4.69, 9.17) is 9.47 Å². The number of ether oxygens (including phenoxy) is 2. The first-order chi connectivity index (χ1) is 13.9. The largest absolute Gasteiger partial charge is 0.506 e. The van der Waals surface area contributed by atoms with Crippen LogP contribution >= 0.6 is 11.8 Å². The second kappa shape index (κ2) is 8.87. The fourth-order valence-corrected chi connectivity index (χ4v) is 3.77. The third kappa shape index (κ3) is 4.46. The number of hydrogen-bond acceptors (Lipinski definition) is 7. The van der Waals surface area contributed by atoms with Gasteiger partial charge < -0.3 is 19.7 Å². The van der Waals surface area contributed by atoms with Crippen LogP contribution in [0.15, 0.2) is 63.7 Å². The standard InChI is InChI=1S/C22H21NO5S/c1-4-28-22(26)19-20(25)18(12-14-9-10-17(27-3)16(24)11-14)29-21(19)23-15-8-6-5-7-13(15)2/h5-12,24-25H,4H2,1-3H3/b18-12+,23-21?. The fraction of sp³-hybridized carbons (Fsp3) is 0.182. The zero-order valence-electron chi connectivity index (χ0n) is 16.3. The van der Waals surface area contributed by atoms with Crippen molar-refractivity contribution in [3.8, 4) is 11.5 Å². The number of rotatable bonds is 5. The van der Waals surface area contributed by atoms with Crippen LogP contribution < -0.4 is 4.74 Å². The van der Waals surface area contributed by atoms with Crippen molar-refractivity contribution in [2.24, 2.45) is 4.99 Å². The second-order valence-electron chi connectivity index (χ2n) is 6.19. The number of aliphatic imine (C=N–C) groups is 1. The highest BCUT2D eigenvalue weighted by Crippen LogP contribution is 2.41. The van der Waals surface area contributed by atoms with E-state index >= 15 is 0 Å². The first-order valence-electron chi connectivity index (χ1n) is 8.96. The predicted octanol–water partition coefficient (Wildman–Crippen LogP) is 4.90. The lowest BCUT2D eigenvalue weighted by molar-refractivity contribution is -0.138. The van der Waals surface area contributed by atoms with E-state index in [1.165, 1.54) is 24.9 Å². The Balaban J connectivity index is 2.05. The molecule has 1 aliphatic heterocycles. The maximum atomic E-state index is 12.5. The fourth-order valence-electron chi connectivity index (χ4n) is 2.74. The van der Waals surface area contributed by atoms with Crippen LogP contribution in [0.1, 0.15) is 18.1 Å². The van der Waals surface area contributed by atoms with Crippen LogP contribution in [0, 0.1) is 6.92 Å². The number of phenols is 1. The van der Waals surface area contributed by atoms with Crippen LogP contribution in [0.3, 0.4) is 0 Å². The van der Waals surface area contributed by atoms with E-state index in [0.717, 1.165) is 5.56 Å². The number of carbonyl (C=O) groups is 1. The van der Waals surface area contributed by atoms with E-state index in [-0.39, 0.29) is 23.7 Å². The number of aliphatic hydroxyl groups excluding tert-OH is 1. The van der Waals surface area contributed by atoms with Crippen molar-refractivity contribution in [3.63, 3.8) is 0 Å². The molecule has 150 valence electrons. The number of nitrogens with zero attached hydrogens (tertiary/aromatic N) is 1. The zero-order valence-corrected chi connectivity index (χ0v) is 17.1. The number of phenolic OH excluding ortho intramolecular Hbond substituents is 1. The van der Waals surface area contributed by atoms with Gasteiger partial charge in [-0.15, -0.1) is 0 Å². The summed E-state index contributed by atoms with van der Waals surface area (Å²) in [6, 6.07) is 12.4. The highest BCUT2D eigenvalue weighted by atomic mass is 32.2. The third-order valence-corrected chi connectivity index (χ3v) is 5.23.